The van der Waals surface area contributed by atoms with Gasteiger partial charge in [0.25, 0.3) is 0 Å². The number of benzene rings is 1. The number of nitrogens with zero attached hydrogens (tertiary/aromatic N) is 2. The van der Waals surface area contributed by atoms with E-state index < -0.39 is 5.97 Å². The summed E-state index contributed by atoms with van der Waals surface area (Å²) >= 11 is 0. The molecule has 2 rings (SSSR count). The minimum absolute atomic E-state index is 0.0473. The van der Waals surface area contributed by atoms with E-state index in [1.807, 2.05) is 13.8 Å². The molecular weight excluding hydrogens is 272 g/mol. The summed E-state index contributed by atoms with van der Waals surface area (Å²) in [6.45, 7) is 5.60. The summed E-state index contributed by atoms with van der Waals surface area (Å²) in [4.78, 5) is 15.4. The molecule has 0 aliphatic rings. The van der Waals surface area contributed by atoms with Crippen LogP contribution in [0.1, 0.15) is 34.1 Å². The first kappa shape index (κ1) is 14.6. The van der Waals surface area contributed by atoms with Gasteiger partial charge in [-0.3, -0.25) is 0 Å². The Bertz CT molecular complexity index is 690. The first-order valence-corrected chi connectivity index (χ1v) is 6.37. The molecule has 1 heterocycles. The van der Waals surface area contributed by atoms with E-state index in [0.717, 1.165) is 11.1 Å². The zero-order valence-corrected chi connectivity index (χ0v) is 12.0. The summed E-state index contributed by atoms with van der Waals surface area (Å²) in [5.74, 6) is -0.0179. The highest BCUT2D eigenvalue weighted by atomic mass is 16.6. The van der Waals surface area contributed by atoms with Gasteiger partial charge >= 0.3 is 12.0 Å². The van der Waals surface area contributed by atoms with E-state index in [-0.39, 0.29) is 18.4 Å². The summed E-state index contributed by atoms with van der Waals surface area (Å²) in [7, 11) is 0. The molecule has 1 aromatic heterocycles. The highest BCUT2D eigenvalue weighted by Gasteiger charge is 2.16. The summed E-state index contributed by atoms with van der Waals surface area (Å²) < 4.78 is 15.5. The third-order valence-corrected chi connectivity index (χ3v) is 2.75. The number of ether oxygens (including phenoxy) is 2. The summed E-state index contributed by atoms with van der Waals surface area (Å²) in [5, 5.41) is 8.91. The fraction of sp³-hybridized carbons (Fsp3) is 0.267. The zero-order valence-electron chi connectivity index (χ0n) is 12.0. The van der Waals surface area contributed by atoms with Gasteiger partial charge in [0.2, 0.25) is 0 Å². The van der Waals surface area contributed by atoms with Gasteiger partial charge in [0.1, 0.15) is 12.0 Å². The Hall–Kier alpha value is -2.81. The van der Waals surface area contributed by atoms with Crippen molar-refractivity contribution in [3.63, 3.8) is 0 Å². The lowest BCUT2D eigenvalue weighted by Crippen LogP contribution is -2.04. The van der Waals surface area contributed by atoms with E-state index in [1.165, 1.54) is 6.26 Å². The molecule has 0 aliphatic carbocycles. The molecule has 2 aromatic rings. The monoisotopic (exact) mass is 286 g/mol. The predicted molar refractivity (Wildman–Crippen MR) is 73.2 cm³/mol. The van der Waals surface area contributed by atoms with Gasteiger partial charge in [0.05, 0.1) is 18.2 Å². The highest BCUT2D eigenvalue weighted by molar-refractivity contribution is 5.86. The van der Waals surface area contributed by atoms with Crippen molar-refractivity contribution in [3.8, 4) is 17.9 Å². The van der Waals surface area contributed by atoms with E-state index >= 15 is 0 Å². The summed E-state index contributed by atoms with van der Waals surface area (Å²) in [6, 6.07) is 5.49. The second-order valence-corrected chi connectivity index (χ2v) is 4.37. The number of aromatic nitrogens is 1. The number of esters is 1. The van der Waals surface area contributed by atoms with Crippen LogP contribution < -0.4 is 4.74 Å². The second-order valence-electron chi connectivity index (χ2n) is 4.37. The molecule has 0 unspecified atom stereocenters. The van der Waals surface area contributed by atoms with Crippen LogP contribution in [0.25, 0.3) is 0 Å². The van der Waals surface area contributed by atoms with Gasteiger partial charge in [-0.25, -0.2) is 4.79 Å². The van der Waals surface area contributed by atoms with Crippen molar-refractivity contribution in [1.82, 2.24) is 4.98 Å². The number of carbonyl (C=O) groups is 1. The van der Waals surface area contributed by atoms with Crippen LogP contribution >= 0.6 is 0 Å². The van der Waals surface area contributed by atoms with Crippen LogP contribution in [-0.4, -0.2) is 17.6 Å². The van der Waals surface area contributed by atoms with Crippen LogP contribution in [0.3, 0.4) is 0 Å². The largest absolute Gasteiger partial charge is 0.461 e. The molecule has 0 aliphatic heterocycles. The molecule has 0 saturated heterocycles. The number of rotatable bonds is 4. The Morgan fingerprint density at radius 2 is 2.05 bits per heavy atom. The van der Waals surface area contributed by atoms with Crippen LogP contribution in [0, 0.1) is 25.2 Å². The van der Waals surface area contributed by atoms with Crippen molar-refractivity contribution in [2.75, 3.05) is 6.61 Å². The van der Waals surface area contributed by atoms with Gasteiger partial charge in [-0.15, -0.1) is 0 Å². The number of hydrogen-bond donors (Lipinski definition) is 0. The zero-order chi connectivity index (χ0) is 15.4. The van der Waals surface area contributed by atoms with E-state index in [0.29, 0.717) is 11.3 Å². The van der Waals surface area contributed by atoms with Gasteiger partial charge in [-0.1, -0.05) is 0 Å². The lowest BCUT2D eigenvalue weighted by atomic mass is 10.1. The van der Waals surface area contributed by atoms with E-state index in [4.69, 9.17) is 19.2 Å². The average molecular weight is 286 g/mol. The van der Waals surface area contributed by atoms with Gasteiger partial charge < -0.3 is 13.9 Å². The van der Waals surface area contributed by atoms with E-state index in [1.54, 1.807) is 19.1 Å². The Kier molecular flexibility index (Phi) is 4.24. The first-order valence-electron chi connectivity index (χ1n) is 6.37. The smallest absolute Gasteiger partial charge is 0.399 e. The van der Waals surface area contributed by atoms with Crippen LogP contribution in [-0.2, 0) is 4.74 Å². The minimum atomic E-state index is -0.565. The average Bonchev–Trinajstić information content (AvgIpc) is 2.91. The number of nitriles is 1. The molecule has 1 aromatic carbocycles. The quantitative estimate of drug-likeness (QED) is 0.803. The lowest BCUT2D eigenvalue weighted by molar-refractivity contribution is 0.0519. The molecule has 0 saturated carbocycles. The maximum atomic E-state index is 11.5. The topological polar surface area (TPSA) is 85.4 Å². The molecule has 0 atom stereocenters. The number of hydrogen-bond acceptors (Lipinski definition) is 6. The molecule has 0 spiro atoms. The fourth-order valence-corrected chi connectivity index (χ4v) is 1.87. The minimum Gasteiger partial charge on any atom is -0.461 e. The molecule has 0 fully saturated rings. The van der Waals surface area contributed by atoms with Crippen LogP contribution in [0.15, 0.2) is 22.8 Å². The molecule has 21 heavy (non-hydrogen) atoms. The predicted octanol–water partition coefficient (Wildman–Crippen LogP) is 3.13. The third kappa shape index (κ3) is 3.20. The normalized spacial score (nSPS) is 10.0. The Morgan fingerprint density at radius 3 is 2.62 bits per heavy atom. The van der Waals surface area contributed by atoms with E-state index in [9.17, 15) is 4.79 Å². The molecule has 0 bridgehead atoms. The number of carbonyl (C=O) groups excluding carboxylic acids is 1. The summed E-state index contributed by atoms with van der Waals surface area (Å²) in [6.07, 6.45) is 1.13. The maximum absolute atomic E-state index is 11.5. The molecule has 0 N–H and O–H groups in total. The molecule has 6 heteroatoms. The van der Waals surface area contributed by atoms with E-state index in [2.05, 4.69) is 11.1 Å². The SMILES string of the molecule is CCOC(=O)c1coc(Oc2c(C)cc(C#N)cc2C)n1. The first-order chi connectivity index (χ1) is 10.0. The van der Waals surface area contributed by atoms with Crippen molar-refractivity contribution >= 4 is 5.97 Å². The summed E-state index contributed by atoms with van der Waals surface area (Å²) in [5.41, 5.74) is 2.16. The van der Waals surface area contributed by atoms with Crippen molar-refractivity contribution in [2.24, 2.45) is 0 Å². The third-order valence-electron chi connectivity index (χ3n) is 2.75. The van der Waals surface area contributed by atoms with Gasteiger partial charge in [0, 0.05) is 0 Å². The van der Waals surface area contributed by atoms with Crippen LogP contribution in [0.5, 0.6) is 11.8 Å². The molecule has 6 nitrogen and oxygen atoms in total. The van der Waals surface area contributed by atoms with Crippen molar-refractivity contribution < 1.29 is 18.7 Å². The van der Waals surface area contributed by atoms with Gasteiger partial charge in [-0.2, -0.15) is 10.2 Å². The maximum Gasteiger partial charge on any atom is 0.399 e. The molecule has 0 amide bonds. The molecule has 108 valence electrons. The molecule has 0 radical (unpaired) electrons. The van der Waals surface area contributed by atoms with Gasteiger partial charge in [-0.05, 0) is 44.0 Å². The Morgan fingerprint density at radius 1 is 1.38 bits per heavy atom. The standard InChI is InChI=1S/C15H14N2O4/c1-4-19-14(18)12-8-20-15(17-12)21-13-9(2)5-11(7-16)6-10(13)3/h5-6,8H,4H2,1-3H3. The Labute approximate surface area is 121 Å². The number of aryl methyl sites for hydroxylation is 2. The second kappa shape index (κ2) is 6.09. The van der Waals surface area contributed by atoms with Crippen molar-refractivity contribution in [3.05, 3.63) is 40.8 Å². The molecular formula is C15H14N2O4. The highest BCUT2D eigenvalue weighted by Crippen LogP contribution is 2.29. The lowest BCUT2D eigenvalue weighted by Gasteiger charge is -2.08. The van der Waals surface area contributed by atoms with Crippen LogP contribution in [0.4, 0.5) is 0 Å². The van der Waals surface area contributed by atoms with Crippen molar-refractivity contribution in [1.29, 1.82) is 5.26 Å². The van der Waals surface area contributed by atoms with Crippen LogP contribution in [0.2, 0.25) is 0 Å². The van der Waals surface area contributed by atoms with Crippen molar-refractivity contribution in [2.45, 2.75) is 20.8 Å². The number of oxazole rings is 1. The Balaban J connectivity index is 2.23. The van der Waals surface area contributed by atoms with Gasteiger partial charge in [0.15, 0.2) is 5.69 Å². The fourth-order valence-electron chi connectivity index (χ4n) is 1.87.